The molecule has 0 heterocycles. The van der Waals surface area contributed by atoms with Gasteiger partial charge < -0.3 is 0 Å². The monoisotopic (exact) mass is 173 g/mol. The van der Waals surface area contributed by atoms with Crippen molar-refractivity contribution >= 4 is 0 Å². The van der Waals surface area contributed by atoms with Crippen LogP contribution in [0.25, 0.3) is 0 Å². The van der Waals surface area contributed by atoms with Crippen molar-refractivity contribution < 1.29 is 0 Å². The Morgan fingerprint density at radius 1 is 1.23 bits per heavy atom. The maximum Gasteiger partial charge on any atom is 0.0994 e. The summed E-state index contributed by atoms with van der Waals surface area (Å²) in [5.74, 6) is 0. The molecule has 1 heteroatoms. The molecular weight excluding hydrogens is 158 g/mol. The van der Waals surface area contributed by atoms with E-state index in [4.69, 9.17) is 5.26 Å². The number of nitrogens with zero attached hydrogens (tertiary/aromatic N) is 1. The number of hydrogen-bond acceptors (Lipinski definition) is 1. The van der Waals surface area contributed by atoms with Crippen molar-refractivity contribution in [1.82, 2.24) is 0 Å². The topological polar surface area (TPSA) is 23.8 Å². The minimum Gasteiger partial charge on any atom is -0.192 e. The van der Waals surface area contributed by atoms with Gasteiger partial charge in [0.15, 0.2) is 0 Å². The van der Waals surface area contributed by atoms with Crippen LogP contribution in [0.1, 0.15) is 37.5 Å². The average Bonchev–Trinajstić information content (AvgIpc) is 2.03. The molecule has 0 spiro atoms. The van der Waals surface area contributed by atoms with E-state index in [1.165, 1.54) is 5.56 Å². The Hall–Kier alpha value is -1.29. The summed E-state index contributed by atoms with van der Waals surface area (Å²) >= 11 is 0. The van der Waals surface area contributed by atoms with Crippen molar-refractivity contribution in [3.63, 3.8) is 0 Å². The molecular formula is C12H15N. The Labute approximate surface area is 80.0 Å². The Kier molecular flexibility index (Phi) is 2.43. The molecule has 0 unspecified atom stereocenters. The van der Waals surface area contributed by atoms with Crippen molar-refractivity contribution in [2.45, 2.75) is 33.1 Å². The molecule has 68 valence electrons. The van der Waals surface area contributed by atoms with Crippen LogP contribution < -0.4 is 0 Å². The lowest BCUT2D eigenvalue weighted by molar-refractivity contribution is 0.590. The van der Waals surface area contributed by atoms with Gasteiger partial charge in [-0.05, 0) is 29.5 Å². The van der Waals surface area contributed by atoms with E-state index in [1.807, 2.05) is 19.1 Å². The standard InChI is InChI=1S/C12H15N/c1-9-5-6-11(12(2,3)4)7-10(9)8-13/h5-7H,1-4H3. The first-order chi connectivity index (χ1) is 5.95. The van der Waals surface area contributed by atoms with Gasteiger partial charge in [-0.25, -0.2) is 0 Å². The zero-order chi connectivity index (χ0) is 10.1. The van der Waals surface area contributed by atoms with Gasteiger partial charge in [-0.3, -0.25) is 0 Å². The minimum absolute atomic E-state index is 0.124. The van der Waals surface area contributed by atoms with Gasteiger partial charge in [-0.2, -0.15) is 5.26 Å². The summed E-state index contributed by atoms with van der Waals surface area (Å²) in [5, 5.41) is 8.86. The molecule has 0 aliphatic heterocycles. The van der Waals surface area contributed by atoms with Gasteiger partial charge >= 0.3 is 0 Å². The van der Waals surface area contributed by atoms with Crippen LogP contribution in [0.15, 0.2) is 18.2 Å². The summed E-state index contributed by atoms with van der Waals surface area (Å²) in [6.45, 7) is 8.42. The predicted octanol–water partition coefficient (Wildman–Crippen LogP) is 3.16. The molecule has 0 aromatic heterocycles. The molecule has 0 N–H and O–H groups in total. The van der Waals surface area contributed by atoms with Crippen LogP contribution in [0.3, 0.4) is 0 Å². The van der Waals surface area contributed by atoms with Crippen molar-refractivity contribution in [2.75, 3.05) is 0 Å². The third-order valence-electron chi connectivity index (χ3n) is 2.22. The maximum absolute atomic E-state index is 8.86. The van der Waals surface area contributed by atoms with Gasteiger partial charge in [0, 0.05) is 0 Å². The fourth-order valence-corrected chi connectivity index (χ4v) is 1.21. The van der Waals surface area contributed by atoms with E-state index in [0.29, 0.717) is 0 Å². The molecule has 13 heavy (non-hydrogen) atoms. The highest BCUT2D eigenvalue weighted by Crippen LogP contribution is 2.23. The van der Waals surface area contributed by atoms with Gasteiger partial charge in [0.2, 0.25) is 0 Å². The average molecular weight is 173 g/mol. The molecule has 1 nitrogen and oxygen atoms in total. The second-order valence-electron chi connectivity index (χ2n) is 4.39. The van der Waals surface area contributed by atoms with Crippen molar-refractivity contribution in [1.29, 1.82) is 5.26 Å². The normalized spacial score (nSPS) is 11.0. The first-order valence-electron chi connectivity index (χ1n) is 4.46. The molecule has 0 aliphatic rings. The van der Waals surface area contributed by atoms with Crippen LogP contribution in [0.5, 0.6) is 0 Å². The quantitative estimate of drug-likeness (QED) is 0.591. The molecule has 0 fully saturated rings. The van der Waals surface area contributed by atoms with Crippen LogP contribution in [-0.2, 0) is 5.41 Å². The van der Waals surface area contributed by atoms with E-state index in [0.717, 1.165) is 11.1 Å². The molecule has 0 bridgehead atoms. The lowest BCUT2D eigenvalue weighted by Gasteiger charge is -2.19. The van der Waals surface area contributed by atoms with E-state index in [2.05, 4.69) is 32.9 Å². The first kappa shape index (κ1) is 9.80. The van der Waals surface area contributed by atoms with E-state index >= 15 is 0 Å². The fraction of sp³-hybridized carbons (Fsp3) is 0.417. The molecule has 0 amide bonds. The Morgan fingerprint density at radius 2 is 1.85 bits per heavy atom. The summed E-state index contributed by atoms with van der Waals surface area (Å²) in [7, 11) is 0. The zero-order valence-electron chi connectivity index (χ0n) is 8.68. The largest absolute Gasteiger partial charge is 0.192 e. The summed E-state index contributed by atoms with van der Waals surface area (Å²) in [5.41, 5.74) is 3.18. The van der Waals surface area contributed by atoms with Gasteiger partial charge in [0.05, 0.1) is 11.6 Å². The van der Waals surface area contributed by atoms with E-state index < -0.39 is 0 Å². The highest BCUT2D eigenvalue weighted by Gasteiger charge is 2.14. The lowest BCUT2D eigenvalue weighted by Crippen LogP contribution is -2.11. The predicted molar refractivity (Wildman–Crippen MR) is 54.6 cm³/mol. The Balaban J connectivity index is 3.24. The summed E-state index contributed by atoms with van der Waals surface area (Å²) in [6, 6.07) is 8.30. The molecule has 1 aromatic carbocycles. The summed E-state index contributed by atoms with van der Waals surface area (Å²) in [4.78, 5) is 0. The number of hydrogen-bond donors (Lipinski definition) is 0. The third kappa shape index (κ3) is 2.09. The number of benzene rings is 1. The molecule has 0 saturated carbocycles. The van der Waals surface area contributed by atoms with Crippen LogP contribution in [0.4, 0.5) is 0 Å². The second kappa shape index (κ2) is 3.22. The van der Waals surface area contributed by atoms with Gasteiger partial charge in [0.1, 0.15) is 0 Å². The fourth-order valence-electron chi connectivity index (χ4n) is 1.21. The first-order valence-corrected chi connectivity index (χ1v) is 4.46. The highest BCUT2D eigenvalue weighted by molar-refractivity contribution is 5.41. The van der Waals surface area contributed by atoms with E-state index in [9.17, 15) is 0 Å². The molecule has 0 radical (unpaired) electrons. The van der Waals surface area contributed by atoms with Crippen molar-refractivity contribution in [2.24, 2.45) is 0 Å². The van der Waals surface area contributed by atoms with Crippen molar-refractivity contribution in [3.05, 3.63) is 34.9 Å². The van der Waals surface area contributed by atoms with Gasteiger partial charge in [0.25, 0.3) is 0 Å². The summed E-state index contributed by atoms with van der Waals surface area (Å²) < 4.78 is 0. The van der Waals surface area contributed by atoms with Crippen LogP contribution >= 0.6 is 0 Å². The smallest absolute Gasteiger partial charge is 0.0994 e. The Bertz CT molecular complexity index is 350. The zero-order valence-corrected chi connectivity index (χ0v) is 8.68. The molecule has 1 aromatic rings. The number of aryl methyl sites for hydroxylation is 1. The van der Waals surface area contributed by atoms with Crippen molar-refractivity contribution in [3.8, 4) is 6.07 Å². The SMILES string of the molecule is Cc1ccc(C(C)(C)C)cc1C#N. The minimum atomic E-state index is 0.124. The van der Waals surface area contributed by atoms with Gasteiger partial charge in [-0.1, -0.05) is 32.9 Å². The van der Waals surface area contributed by atoms with E-state index in [1.54, 1.807) is 0 Å². The van der Waals surface area contributed by atoms with Crippen LogP contribution in [-0.4, -0.2) is 0 Å². The highest BCUT2D eigenvalue weighted by atomic mass is 14.3. The molecule has 0 aliphatic carbocycles. The molecule has 1 rings (SSSR count). The van der Waals surface area contributed by atoms with Gasteiger partial charge in [-0.15, -0.1) is 0 Å². The van der Waals surface area contributed by atoms with Crippen LogP contribution in [0, 0.1) is 18.3 Å². The number of rotatable bonds is 0. The lowest BCUT2D eigenvalue weighted by atomic mass is 9.85. The van der Waals surface area contributed by atoms with E-state index in [-0.39, 0.29) is 5.41 Å². The summed E-state index contributed by atoms with van der Waals surface area (Å²) in [6.07, 6.45) is 0. The van der Waals surface area contributed by atoms with Crippen LogP contribution in [0.2, 0.25) is 0 Å². The Morgan fingerprint density at radius 3 is 2.31 bits per heavy atom. The maximum atomic E-state index is 8.86. The second-order valence-corrected chi connectivity index (χ2v) is 4.39. The number of nitriles is 1. The molecule has 0 saturated heterocycles. The third-order valence-corrected chi connectivity index (χ3v) is 2.22. The molecule has 0 atom stereocenters.